The highest BCUT2D eigenvalue weighted by Crippen LogP contribution is 2.44. The predicted molar refractivity (Wildman–Crippen MR) is 78.3 cm³/mol. The average Bonchev–Trinajstić information content (AvgIpc) is 2.70. The molecule has 0 aromatic heterocycles. The second kappa shape index (κ2) is 4.91. The number of fused-ring (bicyclic) bond motifs is 3. The molecule has 0 saturated heterocycles. The zero-order valence-electron chi connectivity index (χ0n) is 11.7. The van der Waals surface area contributed by atoms with Crippen molar-refractivity contribution < 1.29 is 0 Å². The summed E-state index contributed by atoms with van der Waals surface area (Å²) in [6.45, 7) is 4.72. The number of hydrogen-bond acceptors (Lipinski definition) is 0. The minimum atomic E-state index is 0.674. The zero-order chi connectivity index (χ0) is 12.5. The van der Waals surface area contributed by atoms with Gasteiger partial charge in [-0.05, 0) is 56.4 Å². The predicted octanol–water partition coefficient (Wildman–Crippen LogP) is 5.20. The van der Waals surface area contributed by atoms with E-state index >= 15 is 0 Å². The van der Waals surface area contributed by atoms with Crippen LogP contribution in [0.3, 0.4) is 0 Å². The van der Waals surface area contributed by atoms with Crippen LogP contribution in [-0.4, -0.2) is 0 Å². The Bertz CT molecular complexity index is 445. The van der Waals surface area contributed by atoms with E-state index in [4.69, 9.17) is 0 Å². The van der Waals surface area contributed by atoms with Gasteiger partial charge in [0.25, 0.3) is 0 Å². The molecule has 0 aromatic rings. The number of rotatable bonds is 1. The molecule has 0 saturated carbocycles. The number of allylic oxidation sites excluding steroid dienone is 8. The summed E-state index contributed by atoms with van der Waals surface area (Å²) >= 11 is 0. The Morgan fingerprint density at radius 2 is 2.00 bits per heavy atom. The topological polar surface area (TPSA) is 0 Å². The Balaban J connectivity index is 2.11. The smallest absolute Gasteiger partial charge is 0.00456 e. The SMILES string of the molecule is CCC1=C(C)C2C=CCCC2C2=CC1CCC=C2. The molecule has 18 heavy (non-hydrogen) atoms. The van der Waals surface area contributed by atoms with E-state index in [-0.39, 0.29) is 0 Å². The Labute approximate surface area is 111 Å². The van der Waals surface area contributed by atoms with E-state index < -0.39 is 0 Å². The molecule has 0 aromatic carbocycles. The first kappa shape index (κ1) is 12.0. The van der Waals surface area contributed by atoms with Gasteiger partial charge in [-0.2, -0.15) is 0 Å². The van der Waals surface area contributed by atoms with E-state index in [1.807, 2.05) is 0 Å². The van der Waals surface area contributed by atoms with Gasteiger partial charge in [0.2, 0.25) is 0 Å². The molecule has 0 heteroatoms. The molecule has 0 heterocycles. The molecule has 2 bridgehead atoms. The van der Waals surface area contributed by atoms with Crippen LogP contribution in [0, 0.1) is 17.8 Å². The summed E-state index contributed by atoms with van der Waals surface area (Å²) in [6.07, 6.45) is 18.6. The Hall–Kier alpha value is -1.04. The van der Waals surface area contributed by atoms with Gasteiger partial charge in [0.1, 0.15) is 0 Å². The molecular weight excluding hydrogens is 216 g/mol. The fourth-order valence-corrected chi connectivity index (χ4v) is 4.09. The van der Waals surface area contributed by atoms with Gasteiger partial charge in [-0.3, -0.25) is 0 Å². The zero-order valence-corrected chi connectivity index (χ0v) is 11.7. The highest BCUT2D eigenvalue weighted by Gasteiger charge is 2.31. The standard InChI is InChI=1S/C18H24/c1-3-16-13(2)17-10-6-7-11-18(17)15-9-5-4-8-14(16)12-15/h5-6,9-10,12,14,17-18H,3-4,7-8,11H2,1-2H3. The van der Waals surface area contributed by atoms with E-state index in [0.717, 1.165) is 5.92 Å². The maximum absolute atomic E-state index is 2.59. The van der Waals surface area contributed by atoms with Crippen LogP contribution >= 0.6 is 0 Å². The first-order valence-electron chi connectivity index (χ1n) is 7.55. The third-order valence-electron chi connectivity index (χ3n) is 5.03. The van der Waals surface area contributed by atoms with Crippen LogP contribution in [0.4, 0.5) is 0 Å². The minimum absolute atomic E-state index is 0.674. The molecule has 0 nitrogen and oxygen atoms in total. The van der Waals surface area contributed by atoms with Crippen LogP contribution in [0.1, 0.15) is 46.0 Å². The molecule has 3 aliphatic carbocycles. The molecule has 3 unspecified atom stereocenters. The molecule has 3 rings (SSSR count). The van der Waals surface area contributed by atoms with Crippen LogP contribution in [0.15, 0.2) is 47.1 Å². The van der Waals surface area contributed by atoms with Crippen molar-refractivity contribution in [2.45, 2.75) is 46.0 Å². The molecule has 0 aliphatic heterocycles. The molecule has 0 amide bonds. The Kier molecular flexibility index (Phi) is 3.28. The molecule has 0 fully saturated rings. The van der Waals surface area contributed by atoms with Gasteiger partial charge in [-0.25, -0.2) is 0 Å². The van der Waals surface area contributed by atoms with E-state index in [2.05, 4.69) is 44.2 Å². The van der Waals surface area contributed by atoms with Crippen molar-refractivity contribution in [3.05, 3.63) is 47.1 Å². The monoisotopic (exact) mass is 240 g/mol. The summed E-state index contributed by atoms with van der Waals surface area (Å²) in [4.78, 5) is 0. The van der Waals surface area contributed by atoms with Crippen LogP contribution in [0.5, 0.6) is 0 Å². The quantitative estimate of drug-likeness (QED) is 0.552. The molecule has 0 N–H and O–H groups in total. The number of hydrogen-bond donors (Lipinski definition) is 0. The lowest BCUT2D eigenvalue weighted by Gasteiger charge is -2.29. The van der Waals surface area contributed by atoms with Crippen LogP contribution < -0.4 is 0 Å². The average molecular weight is 240 g/mol. The molecule has 0 spiro atoms. The first-order chi connectivity index (χ1) is 8.81. The summed E-state index contributed by atoms with van der Waals surface area (Å²) in [6, 6.07) is 0. The fraction of sp³-hybridized carbons (Fsp3) is 0.556. The maximum Gasteiger partial charge on any atom is 0.00456 e. The van der Waals surface area contributed by atoms with Gasteiger partial charge in [-0.1, -0.05) is 48.5 Å². The lowest BCUT2D eigenvalue weighted by atomic mass is 9.75. The van der Waals surface area contributed by atoms with Crippen LogP contribution in [-0.2, 0) is 0 Å². The maximum atomic E-state index is 2.59. The summed E-state index contributed by atoms with van der Waals surface area (Å²) in [5, 5.41) is 0. The van der Waals surface area contributed by atoms with E-state index in [1.165, 1.54) is 32.1 Å². The van der Waals surface area contributed by atoms with Crippen molar-refractivity contribution in [1.82, 2.24) is 0 Å². The van der Waals surface area contributed by atoms with E-state index in [0.29, 0.717) is 11.8 Å². The van der Waals surface area contributed by atoms with Crippen molar-refractivity contribution in [3.8, 4) is 0 Å². The van der Waals surface area contributed by atoms with Gasteiger partial charge in [0.05, 0.1) is 0 Å². The summed E-state index contributed by atoms with van der Waals surface area (Å²) in [5.74, 6) is 2.13. The third-order valence-corrected chi connectivity index (χ3v) is 5.03. The largest absolute Gasteiger partial charge is 0.0879 e. The van der Waals surface area contributed by atoms with Gasteiger partial charge in [0, 0.05) is 5.92 Å². The summed E-state index contributed by atoms with van der Waals surface area (Å²) < 4.78 is 0. The van der Waals surface area contributed by atoms with Crippen molar-refractivity contribution >= 4 is 0 Å². The second-order valence-corrected chi connectivity index (χ2v) is 5.95. The highest BCUT2D eigenvalue weighted by atomic mass is 14.4. The van der Waals surface area contributed by atoms with Crippen molar-refractivity contribution in [3.63, 3.8) is 0 Å². The molecular formula is C18H24. The summed E-state index contributed by atoms with van der Waals surface area (Å²) in [5.41, 5.74) is 5.01. The molecule has 0 radical (unpaired) electrons. The van der Waals surface area contributed by atoms with Gasteiger partial charge < -0.3 is 0 Å². The molecule has 3 atom stereocenters. The lowest BCUT2D eigenvalue weighted by Crippen LogP contribution is -2.18. The highest BCUT2D eigenvalue weighted by molar-refractivity contribution is 5.39. The second-order valence-electron chi connectivity index (χ2n) is 5.95. The Morgan fingerprint density at radius 1 is 1.17 bits per heavy atom. The van der Waals surface area contributed by atoms with Crippen molar-refractivity contribution in [2.75, 3.05) is 0 Å². The summed E-state index contributed by atoms with van der Waals surface area (Å²) in [7, 11) is 0. The lowest BCUT2D eigenvalue weighted by molar-refractivity contribution is 0.461. The van der Waals surface area contributed by atoms with Crippen LogP contribution in [0.2, 0.25) is 0 Å². The normalized spacial score (nSPS) is 34.8. The molecule has 96 valence electrons. The van der Waals surface area contributed by atoms with Gasteiger partial charge in [-0.15, -0.1) is 0 Å². The molecule has 3 aliphatic rings. The first-order valence-corrected chi connectivity index (χ1v) is 7.55. The Morgan fingerprint density at radius 3 is 2.83 bits per heavy atom. The van der Waals surface area contributed by atoms with Gasteiger partial charge >= 0.3 is 0 Å². The fourth-order valence-electron chi connectivity index (χ4n) is 4.09. The van der Waals surface area contributed by atoms with E-state index in [9.17, 15) is 0 Å². The van der Waals surface area contributed by atoms with Crippen molar-refractivity contribution in [1.29, 1.82) is 0 Å². The third kappa shape index (κ3) is 1.92. The van der Waals surface area contributed by atoms with Crippen LogP contribution in [0.25, 0.3) is 0 Å². The van der Waals surface area contributed by atoms with E-state index in [1.54, 1.807) is 16.7 Å². The minimum Gasteiger partial charge on any atom is -0.0879 e. The van der Waals surface area contributed by atoms with Gasteiger partial charge in [0.15, 0.2) is 0 Å². The van der Waals surface area contributed by atoms with Crippen molar-refractivity contribution in [2.24, 2.45) is 17.8 Å².